The highest BCUT2D eigenvalue weighted by molar-refractivity contribution is 5.38. The third kappa shape index (κ3) is 2.67. The average Bonchev–Trinajstić information content (AvgIpc) is 2.52. The van der Waals surface area contributed by atoms with Gasteiger partial charge in [-0.2, -0.15) is 5.10 Å². The Bertz CT molecular complexity index is 835. The molecule has 0 atom stereocenters. The summed E-state index contributed by atoms with van der Waals surface area (Å²) < 4.78 is 1.59. The van der Waals surface area contributed by atoms with Gasteiger partial charge in [0.05, 0.1) is 12.2 Å². The van der Waals surface area contributed by atoms with Crippen LogP contribution in [0.15, 0.2) is 28.0 Å². The van der Waals surface area contributed by atoms with Gasteiger partial charge in [0.1, 0.15) is 0 Å². The molecule has 3 heterocycles. The molecule has 0 radical (unpaired) electrons. The van der Waals surface area contributed by atoms with E-state index in [2.05, 4.69) is 15.1 Å². The van der Waals surface area contributed by atoms with Crippen LogP contribution in [-0.4, -0.2) is 32.8 Å². The Kier molecular flexibility index (Phi) is 3.48. The third-order valence-electron chi connectivity index (χ3n) is 4.65. The number of rotatable bonds is 3. The Morgan fingerprint density at radius 2 is 2.04 bits per heavy atom. The van der Waals surface area contributed by atoms with Gasteiger partial charge in [-0.1, -0.05) is 0 Å². The highest BCUT2D eigenvalue weighted by Crippen LogP contribution is 2.21. The minimum atomic E-state index is -0.171. The first-order valence-corrected chi connectivity index (χ1v) is 8.09. The predicted octanol–water partition coefficient (Wildman–Crippen LogP) is 0.342. The van der Waals surface area contributed by atoms with Gasteiger partial charge in [-0.3, -0.25) is 9.59 Å². The lowest BCUT2D eigenvalue weighted by atomic mass is 9.96. The quantitative estimate of drug-likeness (QED) is 0.883. The van der Waals surface area contributed by atoms with Crippen LogP contribution >= 0.6 is 0 Å². The van der Waals surface area contributed by atoms with Crippen LogP contribution in [0.5, 0.6) is 0 Å². The molecule has 1 saturated heterocycles. The number of hydrogen-bond donors (Lipinski definition) is 1. The molecule has 0 unspecified atom stereocenters. The van der Waals surface area contributed by atoms with E-state index in [0.717, 1.165) is 50.0 Å². The number of anilines is 1. The Morgan fingerprint density at radius 1 is 1.22 bits per heavy atom. The van der Waals surface area contributed by atoms with E-state index < -0.39 is 0 Å². The number of fused-ring (bicyclic) bond motifs is 1. The lowest BCUT2D eigenvalue weighted by Gasteiger charge is -2.39. The molecule has 7 nitrogen and oxygen atoms in total. The second kappa shape index (κ2) is 5.64. The van der Waals surface area contributed by atoms with Crippen LogP contribution in [0, 0.1) is 5.92 Å². The molecule has 1 fully saturated rings. The van der Waals surface area contributed by atoms with Gasteiger partial charge in [-0.05, 0) is 31.2 Å². The van der Waals surface area contributed by atoms with Gasteiger partial charge in [0.25, 0.3) is 11.1 Å². The number of nitrogens with one attached hydrogen (secondary N) is 1. The van der Waals surface area contributed by atoms with Gasteiger partial charge in [0.15, 0.2) is 5.82 Å². The van der Waals surface area contributed by atoms with Crippen LogP contribution in [0.1, 0.15) is 24.1 Å². The molecule has 23 heavy (non-hydrogen) atoms. The SMILES string of the molecule is O=c1[nH]ccnc1N1CC(Cn2nc3c(cc2=O)CCCC3)C1. The van der Waals surface area contributed by atoms with Crippen LogP contribution in [0.25, 0.3) is 0 Å². The first-order chi connectivity index (χ1) is 11.2. The molecular formula is C16H19N5O2. The van der Waals surface area contributed by atoms with E-state index in [1.807, 2.05) is 4.90 Å². The molecule has 0 spiro atoms. The molecule has 2 aromatic rings. The maximum absolute atomic E-state index is 12.2. The number of aryl methyl sites for hydroxylation is 2. The molecule has 0 amide bonds. The van der Waals surface area contributed by atoms with Gasteiger partial charge in [0.2, 0.25) is 0 Å². The fourth-order valence-electron chi connectivity index (χ4n) is 3.40. The first kappa shape index (κ1) is 14.2. The summed E-state index contributed by atoms with van der Waals surface area (Å²) in [7, 11) is 0. The van der Waals surface area contributed by atoms with Crippen molar-refractivity contribution in [3.63, 3.8) is 0 Å². The molecule has 0 saturated carbocycles. The summed E-state index contributed by atoms with van der Waals surface area (Å²) in [5.41, 5.74) is 2.01. The van der Waals surface area contributed by atoms with Gasteiger partial charge in [0, 0.05) is 37.5 Å². The summed E-state index contributed by atoms with van der Waals surface area (Å²) in [5.74, 6) is 0.776. The zero-order chi connectivity index (χ0) is 15.8. The summed E-state index contributed by atoms with van der Waals surface area (Å²) in [6.07, 6.45) is 7.35. The Hall–Kier alpha value is -2.44. The van der Waals surface area contributed by atoms with Crippen molar-refractivity contribution in [1.82, 2.24) is 19.7 Å². The van der Waals surface area contributed by atoms with E-state index in [-0.39, 0.29) is 11.1 Å². The zero-order valence-corrected chi connectivity index (χ0v) is 12.9. The molecule has 1 aliphatic heterocycles. The lowest BCUT2D eigenvalue weighted by Crippen LogP contribution is -2.51. The molecule has 2 aliphatic rings. The standard InChI is InChI=1S/C16H19N5O2/c22-14-7-12-3-1-2-4-13(12)19-21(14)10-11-8-20(9-11)15-16(23)18-6-5-17-15/h5-7,11H,1-4,8-10H2,(H,18,23). The summed E-state index contributed by atoms with van der Waals surface area (Å²) in [6, 6.07) is 1.75. The van der Waals surface area contributed by atoms with Crippen molar-refractivity contribution in [2.24, 2.45) is 5.92 Å². The largest absolute Gasteiger partial charge is 0.351 e. The zero-order valence-electron chi connectivity index (χ0n) is 12.9. The van der Waals surface area contributed by atoms with E-state index >= 15 is 0 Å². The highest BCUT2D eigenvalue weighted by Gasteiger charge is 2.30. The Morgan fingerprint density at radius 3 is 2.87 bits per heavy atom. The van der Waals surface area contributed by atoms with Crippen molar-refractivity contribution in [2.45, 2.75) is 32.2 Å². The topological polar surface area (TPSA) is 83.9 Å². The molecule has 120 valence electrons. The van der Waals surface area contributed by atoms with Gasteiger partial charge in [-0.15, -0.1) is 0 Å². The van der Waals surface area contributed by atoms with Crippen LogP contribution in [-0.2, 0) is 19.4 Å². The fourth-order valence-corrected chi connectivity index (χ4v) is 3.40. The first-order valence-electron chi connectivity index (χ1n) is 8.09. The highest BCUT2D eigenvalue weighted by atomic mass is 16.1. The number of aromatic nitrogens is 4. The number of aromatic amines is 1. The summed E-state index contributed by atoms with van der Waals surface area (Å²) in [5, 5.41) is 4.55. The van der Waals surface area contributed by atoms with E-state index in [4.69, 9.17) is 0 Å². The van der Waals surface area contributed by atoms with E-state index in [1.54, 1.807) is 16.9 Å². The second-order valence-corrected chi connectivity index (χ2v) is 6.36. The molecule has 2 aromatic heterocycles. The molecule has 0 aromatic carbocycles. The van der Waals surface area contributed by atoms with Crippen LogP contribution in [0.3, 0.4) is 0 Å². The summed E-state index contributed by atoms with van der Waals surface area (Å²) >= 11 is 0. The van der Waals surface area contributed by atoms with Crippen molar-refractivity contribution in [3.8, 4) is 0 Å². The minimum Gasteiger partial charge on any atom is -0.351 e. The van der Waals surface area contributed by atoms with Crippen molar-refractivity contribution in [1.29, 1.82) is 0 Å². The molecule has 4 rings (SSSR count). The predicted molar refractivity (Wildman–Crippen MR) is 85.7 cm³/mol. The Balaban J connectivity index is 1.46. The summed E-state index contributed by atoms with van der Waals surface area (Å²) in [4.78, 5) is 32.6. The fraction of sp³-hybridized carbons (Fsp3) is 0.500. The van der Waals surface area contributed by atoms with Crippen molar-refractivity contribution < 1.29 is 0 Å². The van der Waals surface area contributed by atoms with Crippen molar-refractivity contribution in [3.05, 3.63) is 50.4 Å². The second-order valence-electron chi connectivity index (χ2n) is 6.36. The molecule has 0 bridgehead atoms. The molecule has 1 aliphatic carbocycles. The number of nitrogens with zero attached hydrogens (tertiary/aromatic N) is 4. The number of H-pyrrole nitrogens is 1. The van der Waals surface area contributed by atoms with Gasteiger partial charge in [-0.25, -0.2) is 9.67 Å². The normalized spacial score (nSPS) is 17.7. The molecule has 1 N–H and O–H groups in total. The van der Waals surface area contributed by atoms with Crippen LogP contribution in [0.4, 0.5) is 5.82 Å². The number of hydrogen-bond acceptors (Lipinski definition) is 5. The van der Waals surface area contributed by atoms with Crippen molar-refractivity contribution in [2.75, 3.05) is 18.0 Å². The van der Waals surface area contributed by atoms with Crippen molar-refractivity contribution >= 4 is 5.82 Å². The van der Waals surface area contributed by atoms with Gasteiger partial charge < -0.3 is 9.88 Å². The smallest absolute Gasteiger partial charge is 0.290 e. The average molecular weight is 313 g/mol. The van der Waals surface area contributed by atoms with Crippen LogP contribution < -0.4 is 16.0 Å². The molecular weight excluding hydrogens is 294 g/mol. The molecule has 7 heteroatoms. The van der Waals surface area contributed by atoms with Gasteiger partial charge >= 0.3 is 0 Å². The maximum Gasteiger partial charge on any atom is 0.290 e. The lowest BCUT2D eigenvalue weighted by molar-refractivity contribution is 0.329. The van der Waals surface area contributed by atoms with Crippen LogP contribution in [0.2, 0.25) is 0 Å². The Labute approximate surface area is 133 Å². The minimum absolute atomic E-state index is 0.0141. The third-order valence-corrected chi connectivity index (χ3v) is 4.65. The monoisotopic (exact) mass is 313 g/mol. The van der Waals surface area contributed by atoms with E-state index in [9.17, 15) is 9.59 Å². The van der Waals surface area contributed by atoms with E-state index in [0.29, 0.717) is 18.3 Å². The maximum atomic E-state index is 12.2. The summed E-state index contributed by atoms with van der Waals surface area (Å²) in [6.45, 7) is 2.06. The van der Waals surface area contributed by atoms with E-state index in [1.165, 1.54) is 6.20 Å².